The molecule has 1 amide bonds. The first-order valence-corrected chi connectivity index (χ1v) is 5.47. The van der Waals surface area contributed by atoms with Gasteiger partial charge in [0.1, 0.15) is 11.8 Å². The summed E-state index contributed by atoms with van der Waals surface area (Å²) < 4.78 is 5.13. The average molecular weight is 245 g/mol. The molecule has 5 nitrogen and oxygen atoms in total. The third-order valence-corrected chi connectivity index (χ3v) is 2.00. The van der Waals surface area contributed by atoms with Gasteiger partial charge in [0.25, 0.3) is 0 Å². The zero-order chi connectivity index (χ0) is 13.2. The molecular formula is C13H15N3O2. The van der Waals surface area contributed by atoms with Crippen molar-refractivity contribution in [1.82, 2.24) is 5.32 Å². The van der Waals surface area contributed by atoms with E-state index in [0.29, 0.717) is 18.0 Å². The summed E-state index contributed by atoms with van der Waals surface area (Å²) in [5.41, 5.74) is 0.635. The van der Waals surface area contributed by atoms with Crippen molar-refractivity contribution >= 4 is 11.6 Å². The standard InChI is InChI=1S/C13H15N3O2/c1-2-7-15-10-13(17)16-11-4-3-5-12(9-11)18-8-6-14/h2-5,9,15H,1,7-8,10H2,(H,16,17). The van der Waals surface area contributed by atoms with Crippen molar-refractivity contribution < 1.29 is 9.53 Å². The molecule has 2 N–H and O–H groups in total. The Balaban J connectivity index is 2.48. The summed E-state index contributed by atoms with van der Waals surface area (Å²) in [6.07, 6.45) is 1.68. The second-order valence-corrected chi connectivity index (χ2v) is 3.44. The maximum absolute atomic E-state index is 11.5. The molecule has 0 aromatic heterocycles. The van der Waals surface area contributed by atoms with Crippen molar-refractivity contribution in [3.8, 4) is 11.8 Å². The summed E-state index contributed by atoms with van der Waals surface area (Å²) >= 11 is 0. The first-order valence-electron chi connectivity index (χ1n) is 5.47. The van der Waals surface area contributed by atoms with Gasteiger partial charge in [0.05, 0.1) is 6.54 Å². The van der Waals surface area contributed by atoms with Crippen LogP contribution >= 0.6 is 0 Å². The van der Waals surface area contributed by atoms with Crippen LogP contribution in [0, 0.1) is 11.3 Å². The Labute approximate surface area is 106 Å². The molecular weight excluding hydrogens is 230 g/mol. The lowest BCUT2D eigenvalue weighted by molar-refractivity contribution is -0.115. The zero-order valence-corrected chi connectivity index (χ0v) is 9.98. The van der Waals surface area contributed by atoms with E-state index in [0.717, 1.165) is 0 Å². The molecule has 0 bridgehead atoms. The van der Waals surface area contributed by atoms with E-state index in [1.165, 1.54) is 0 Å². The lowest BCUT2D eigenvalue weighted by atomic mass is 10.3. The van der Waals surface area contributed by atoms with E-state index in [-0.39, 0.29) is 19.1 Å². The van der Waals surface area contributed by atoms with Crippen molar-refractivity contribution in [1.29, 1.82) is 5.26 Å². The Hall–Kier alpha value is -2.32. The van der Waals surface area contributed by atoms with Crippen LogP contribution in [0.1, 0.15) is 0 Å². The summed E-state index contributed by atoms with van der Waals surface area (Å²) in [5, 5.41) is 14.0. The molecule has 0 spiro atoms. The molecule has 0 saturated carbocycles. The van der Waals surface area contributed by atoms with Crippen LogP contribution in [0.4, 0.5) is 5.69 Å². The van der Waals surface area contributed by atoms with Crippen molar-refractivity contribution in [2.24, 2.45) is 0 Å². The number of nitrogens with one attached hydrogen (secondary N) is 2. The molecule has 0 fully saturated rings. The molecule has 0 atom stereocenters. The number of benzene rings is 1. The monoisotopic (exact) mass is 245 g/mol. The highest BCUT2D eigenvalue weighted by molar-refractivity contribution is 5.92. The van der Waals surface area contributed by atoms with E-state index in [1.54, 1.807) is 30.3 Å². The lowest BCUT2D eigenvalue weighted by Crippen LogP contribution is -2.28. The van der Waals surface area contributed by atoms with Crippen molar-refractivity contribution in [3.05, 3.63) is 36.9 Å². The molecule has 5 heteroatoms. The van der Waals surface area contributed by atoms with E-state index in [4.69, 9.17) is 10.00 Å². The summed E-state index contributed by atoms with van der Waals surface area (Å²) in [6.45, 7) is 4.33. The predicted octanol–water partition coefficient (Wildman–Crippen LogP) is 1.30. The number of nitrogens with zero attached hydrogens (tertiary/aromatic N) is 1. The molecule has 0 saturated heterocycles. The van der Waals surface area contributed by atoms with E-state index < -0.39 is 0 Å². The Kier molecular flexibility index (Phi) is 6.01. The fourth-order valence-electron chi connectivity index (χ4n) is 1.27. The fraction of sp³-hybridized carbons (Fsp3) is 0.231. The smallest absolute Gasteiger partial charge is 0.238 e. The normalized spacial score (nSPS) is 9.28. The molecule has 0 aliphatic carbocycles. The summed E-state index contributed by atoms with van der Waals surface area (Å²) in [4.78, 5) is 11.5. The molecule has 0 unspecified atom stereocenters. The minimum atomic E-state index is -0.144. The third kappa shape index (κ3) is 5.14. The third-order valence-electron chi connectivity index (χ3n) is 2.00. The lowest BCUT2D eigenvalue weighted by Gasteiger charge is -2.07. The van der Waals surface area contributed by atoms with Crippen molar-refractivity contribution in [3.63, 3.8) is 0 Å². The molecule has 0 aliphatic rings. The van der Waals surface area contributed by atoms with Crippen LogP contribution in [0.3, 0.4) is 0 Å². The van der Waals surface area contributed by atoms with Gasteiger partial charge in [-0.3, -0.25) is 4.79 Å². The van der Waals surface area contributed by atoms with Crippen LogP contribution < -0.4 is 15.4 Å². The Morgan fingerprint density at radius 2 is 2.39 bits per heavy atom. The van der Waals surface area contributed by atoms with Crippen LogP contribution in [0.2, 0.25) is 0 Å². The second kappa shape index (κ2) is 7.87. The number of amides is 1. The summed E-state index contributed by atoms with van der Waals surface area (Å²) in [6, 6.07) is 8.78. The number of hydrogen-bond donors (Lipinski definition) is 2. The van der Waals surface area contributed by atoms with E-state index in [2.05, 4.69) is 17.2 Å². The molecule has 18 heavy (non-hydrogen) atoms. The molecule has 1 aromatic carbocycles. The maximum atomic E-state index is 11.5. The number of rotatable bonds is 7. The predicted molar refractivity (Wildman–Crippen MR) is 69.2 cm³/mol. The van der Waals surface area contributed by atoms with Gasteiger partial charge in [0.2, 0.25) is 5.91 Å². The van der Waals surface area contributed by atoms with Gasteiger partial charge in [-0.15, -0.1) is 6.58 Å². The van der Waals surface area contributed by atoms with Gasteiger partial charge >= 0.3 is 0 Å². The fourth-order valence-corrected chi connectivity index (χ4v) is 1.27. The van der Waals surface area contributed by atoms with Gasteiger partial charge in [0, 0.05) is 18.3 Å². The quantitative estimate of drug-likeness (QED) is 0.561. The zero-order valence-electron chi connectivity index (χ0n) is 9.98. The highest BCUT2D eigenvalue weighted by Crippen LogP contribution is 2.16. The number of ether oxygens (including phenoxy) is 1. The molecule has 1 rings (SSSR count). The van der Waals surface area contributed by atoms with Crippen LogP contribution in [-0.2, 0) is 4.79 Å². The van der Waals surface area contributed by atoms with Crippen LogP contribution in [-0.4, -0.2) is 25.6 Å². The summed E-state index contributed by atoms with van der Waals surface area (Å²) in [7, 11) is 0. The number of carbonyl (C=O) groups excluding carboxylic acids is 1. The van der Waals surface area contributed by atoms with E-state index in [9.17, 15) is 4.79 Å². The van der Waals surface area contributed by atoms with Gasteiger partial charge < -0.3 is 15.4 Å². The molecule has 94 valence electrons. The topological polar surface area (TPSA) is 74.2 Å². The SMILES string of the molecule is C=CCNCC(=O)Nc1cccc(OCC#N)c1. The number of nitriles is 1. The van der Waals surface area contributed by atoms with Gasteiger partial charge in [-0.05, 0) is 12.1 Å². The number of carbonyl (C=O) groups is 1. The molecule has 0 radical (unpaired) electrons. The van der Waals surface area contributed by atoms with Gasteiger partial charge in [-0.25, -0.2) is 0 Å². The van der Waals surface area contributed by atoms with Crippen LogP contribution in [0.5, 0.6) is 5.75 Å². The van der Waals surface area contributed by atoms with Crippen LogP contribution in [0.15, 0.2) is 36.9 Å². The summed E-state index contributed by atoms with van der Waals surface area (Å²) in [5.74, 6) is 0.405. The Morgan fingerprint density at radius 1 is 1.56 bits per heavy atom. The molecule has 1 aromatic rings. The van der Waals surface area contributed by atoms with E-state index in [1.807, 2.05) is 6.07 Å². The second-order valence-electron chi connectivity index (χ2n) is 3.44. The minimum absolute atomic E-state index is 0.0156. The first kappa shape index (κ1) is 13.7. The van der Waals surface area contributed by atoms with Crippen molar-refractivity contribution in [2.45, 2.75) is 0 Å². The average Bonchev–Trinajstić information content (AvgIpc) is 2.37. The van der Waals surface area contributed by atoms with Gasteiger partial charge in [-0.2, -0.15) is 5.26 Å². The Bertz CT molecular complexity index is 452. The number of anilines is 1. The minimum Gasteiger partial charge on any atom is -0.479 e. The molecule has 0 aliphatic heterocycles. The maximum Gasteiger partial charge on any atom is 0.238 e. The Morgan fingerprint density at radius 3 is 3.11 bits per heavy atom. The van der Waals surface area contributed by atoms with E-state index >= 15 is 0 Å². The number of hydrogen-bond acceptors (Lipinski definition) is 4. The highest BCUT2D eigenvalue weighted by Gasteiger charge is 2.02. The first-order chi connectivity index (χ1) is 8.76. The van der Waals surface area contributed by atoms with Gasteiger partial charge in [0.15, 0.2) is 6.61 Å². The molecule has 0 heterocycles. The van der Waals surface area contributed by atoms with Crippen LogP contribution in [0.25, 0.3) is 0 Å². The van der Waals surface area contributed by atoms with Gasteiger partial charge in [-0.1, -0.05) is 12.1 Å². The highest BCUT2D eigenvalue weighted by atomic mass is 16.5. The van der Waals surface area contributed by atoms with Crippen molar-refractivity contribution in [2.75, 3.05) is 25.0 Å². The largest absolute Gasteiger partial charge is 0.479 e.